The minimum absolute atomic E-state index is 0.708. The van der Waals surface area contributed by atoms with E-state index in [1.807, 2.05) is 48.5 Å². The number of hydrogen-bond acceptors (Lipinski definition) is 4. The molecule has 0 bridgehead atoms. The van der Waals surface area contributed by atoms with E-state index < -0.39 is 0 Å². The van der Waals surface area contributed by atoms with Crippen LogP contribution < -0.4 is 10.2 Å². The molecule has 2 aromatic carbocycles. The number of rotatable bonds is 4. The fourth-order valence-electron chi connectivity index (χ4n) is 2.08. The van der Waals surface area contributed by atoms with Crippen molar-refractivity contribution < 1.29 is 4.74 Å². The van der Waals surface area contributed by atoms with Crippen LogP contribution in [0.4, 0.5) is 5.69 Å². The van der Waals surface area contributed by atoms with Crippen LogP contribution in [0.3, 0.4) is 0 Å². The molecule has 5 heteroatoms. The molecule has 3 aromatic rings. The lowest BCUT2D eigenvalue weighted by molar-refractivity contribution is 0.415. The van der Waals surface area contributed by atoms with Crippen molar-refractivity contribution in [2.75, 3.05) is 12.5 Å². The highest BCUT2D eigenvalue weighted by molar-refractivity contribution is 6.30. The quantitative estimate of drug-likeness (QED) is 0.576. The monoisotopic (exact) mass is 311 g/mol. The van der Waals surface area contributed by atoms with Gasteiger partial charge in [-0.1, -0.05) is 23.7 Å². The summed E-state index contributed by atoms with van der Waals surface area (Å²) in [6.45, 7) is 0. The number of nitrogens with zero attached hydrogens (tertiary/aromatic N) is 2. The molecule has 110 valence electrons. The number of methoxy groups -OCH3 is 1. The van der Waals surface area contributed by atoms with Crippen LogP contribution in [-0.2, 0) is 0 Å². The van der Waals surface area contributed by atoms with Crippen molar-refractivity contribution in [1.29, 1.82) is 0 Å². The van der Waals surface area contributed by atoms with Crippen molar-refractivity contribution >= 4 is 34.4 Å². The van der Waals surface area contributed by atoms with Gasteiger partial charge in [0.25, 0.3) is 0 Å². The number of halogens is 1. The van der Waals surface area contributed by atoms with Gasteiger partial charge in [-0.15, -0.1) is 0 Å². The second kappa shape index (κ2) is 6.45. The van der Waals surface area contributed by atoms with Gasteiger partial charge in [0.15, 0.2) is 0 Å². The summed E-state index contributed by atoms with van der Waals surface area (Å²) in [5, 5.41) is 5.95. The lowest BCUT2D eigenvalue weighted by Gasteiger charge is -2.06. The third-order valence-electron chi connectivity index (χ3n) is 3.22. The van der Waals surface area contributed by atoms with E-state index in [-0.39, 0.29) is 0 Å². The first-order valence-corrected chi connectivity index (χ1v) is 7.11. The fourth-order valence-corrected chi connectivity index (χ4v) is 2.20. The van der Waals surface area contributed by atoms with Crippen LogP contribution >= 0.6 is 11.6 Å². The second-order valence-corrected chi connectivity index (χ2v) is 5.10. The highest BCUT2D eigenvalue weighted by Gasteiger charge is 2.02. The maximum Gasteiger partial charge on any atom is 0.121 e. The number of pyridine rings is 1. The van der Waals surface area contributed by atoms with Gasteiger partial charge in [0.2, 0.25) is 0 Å². The van der Waals surface area contributed by atoms with Crippen LogP contribution in [0, 0.1) is 0 Å². The van der Waals surface area contributed by atoms with E-state index in [0.29, 0.717) is 5.02 Å². The average molecular weight is 312 g/mol. The molecular weight excluding hydrogens is 298 g/mol. The molecule has 0 amide bonds. The fraction of sp³-hybridized carbons (Fsp3) is 0.0588. The van der Waals surface area contributed by atoms with E-state index in [4.69, 9.17) is 16.3 Å². The lowest BCUT2D eigenvalue weighted by Crippen LogP contribution is -1.93. The van der Waals surface area contributed by atoms with Crippen molar-refractivity contribution in [2.24, 2.45) is 5.10 Å². The number of aromatic nitrogens is 1. The first-order valence-electron chi connectivity index (χ1n) is 6.74. The summed E-state index contributed by atoms with van der Waals surface area (Å²) in [4.78, 5) is 4.34. The first-order chi connectivity index (χ1) is 10.8. The van der Waals surface area contributed by atoms with Crippen molar-refractivity contribution in [1.82, 2.24) is 4.98 Å². The number of nitrogens with one attached hydrogen (secondary N) is 1. The molecule has 0 atom stereocenters. The molecule has 0 saturated carbocycles. The van der Waals surface area contributed by atoms with E-state index in [1.54, 1.807) is 19.5 Å². The topological polar surface area (TPSA) is 46.5 Å². The largest absolute Gasteiger partial charge is 0.497 e. The molecule has 0 unspecified atom stereocenters. The number of hydrazone groups is 1. The number of benzene rings is 2. The van der Waals surface area contributed by atoms with Gasteiger partial charge in [-0.3, -0.25) is 10.4 Å². The summed E-state index contributed by atoms with van der Waals surface area (Å²) >= 11 is 5.85. The Morgan fingerprint density at radius 2 is 1.95 bits per heavy atom. The van der Waals surface area contributed by atoms with Gasteiger partial charge in [-0.05, 0) is 35.9 Å². The van der Waals surface area contributed by atoms with Gasteiger partial charge in [-0.25, -0.2) is 0 Å². The van der Waals surface area contributed by atoms with E-state index in [0.717, 1.165) is 27.9 Å². The highest BCUT2D eigenvalue weighted by atomic mass is 35.5. The zero-order chi connectivity index (χ0) is 15.4. The summed E-state index contributed by atoms with van der Waals surface area (Å²) in [5.74, 6) is 0.779. The molecule has 0 radical (unpaired) electrons. The molecule has 0 fully saturated rings. The Morgan fingerprint density at radius 3 is 2.73 bits per heavy atom. The normalized spacial score (nSPS) is 11.0. The molecular formula is C17H14ClN3O. The lowest BCUT2D eigenvalue weighted by atomic mass is 10.2. The van der Waals surface area contributed by atoms with Crippen LogP contribution in [0.2, 0.25) is 5.02 Å². The van der Waals surface area contributed by atoms with E-state index in [2.05, 4.69) is 15.5 Å². The standard InChI is InChI=1S/C17H14ClN3O/c1-22-14-6-7-15-16(8-9-19-17(15)10-14)21-20-11-12-2-4-13(18)5-3-12/h2-11H,1H3,(H,19,21)/b20-11+. The summed E-state index contributed by atoms with van der Waals surface area (Å²) in [7, 11) is 1.64. The maximum atomic E-state index is 5.85. The van der Waals surface area contributed by atoms with Gasteiger partial charge in [0.05, 0.1) is 24.5 Å². The summed E-state index contributed by atoms with van der Waals surface area (Å²) in [5.41, 5.74) is 5.75. The van der Waals surface area contributed by atoms with Crippen LogP contribution in [0.5, 0.6) is 5.75 Å². The molecule has 1 N–H and O–H groups in total. The molecule has 1 aromatic heterocycles. The molecule has 0 spiro atoms. The Morgan fingerprint density at radius 1 is 1.14 bits per heavy atom. The van der Waals surface area contributed by atoms with E-state index in [1.165, 1.54) is 0 Å². The summed E-state index contributed by atoms with van der Waals surface area (Å²) in [6, 6.07) is 15.1. The zero-order valence-corrected chi connectivity index (χ0v) is 12.7. The Balaban J connectivity index is 1.83. The maximum absolute atomic E-state index is 5.85. The van der Waals surface area contributed by atoms with Gasteiger partial charge in [-0.2, -0.15) is 5.10 Å². The highest BCUT2D eigenvalue weighted by Crippen LogP contribution is 2.25. The molecule has 0 saturated heterocycles. The third-order valence-corrected chi connectivity index (χ3v) is 3.47. The Labute approximate surface area is 133 Å². The number of fused-ring (bicyclic) bond motifs is 1. The predicted molar refractivity (Wildman–Crippen MR) is 91.0 cm³/mol. The number of anilines is 1. The van der Waals surface area contributed by atoms with E-state index in [9.17, 15) is 0 Å². The second-order valence-electron chi connectivity index (χ2n) is 4.66. The van der Waals surface area contributed by atoms with Gasteiger partial charge in [0, 0.05) is 22.7 Å². The van der Waals surface area contributed by atoms with Crippen molar-refractivity contribution in [3.05, 3.63) is 65.3 Å². The molecule has 0 aliphatic heterocycles. The first kappa shape index (κ1) is 14.4. The SMILES string of the molecule is COc1ccc2c(N/N=C/c3ccc(Cl)cc3)ccnc2c1. The predicted octanol–water partition coefficient (Wildman–Crippen LogP) is 4.34. The Kier molecular flexibility index (Phi) is 4.21. The van der Waals surface area contributed by atoms with Crippen LogP contribution in [0.1, 0.15) is 5.56 Å². The number of hydrogen-bond donors (Lipinski definition) is 1. The molecule has 22 heavy (non-hydrogen) atoms. The smallest absolute Gasteiger partial charge is 0.121 e. The van der Waals surface area contributed by atoms with Crippen LogP contribution in [0.25, 0.3) is 10.9 Å². The van der Waals surface area contributed by atoms with E-state index >= 15 is 0 Å². The molecule has 0 aliphatic carbocycles. The molecule has 4 nitrogen and oxygen atoms in total. The van der Waals surface area contributed by atoms with Gasteiger partial charge < -0.3 is 4.74 Å². The van der Waals surface area contributed by atoms with Crippen molar-refractivity contribution in [3.63, 3.8) is 0 Å². The van der Waals surface area contributed by atoms with Gasteiger partial charge in [0.1, 0.15) is 5.75 Å². The van der Waals surface area contributed by atoms with Crippen molar-refractivity contribution in [2.45, 2.75) is 0 Å². The molecule has 3 rings (SSSR count). The number of ether oxygens (including phenoxy) is 1. The summed E-state index contributed by atoms with van der Waals surface area (Å²) < 4.78 is 5.21. The van der Waals surface area contributed by atoms with Crippen LogP contribution in [-0.4, -0.2) is 18.3 Å². The third kappa shape index (κ3) is 3.18. The zero-order valence-electron chi connectivity index (χ0n) is 12.0. The minimum atomic E-state index is 0.708. The molecule has 0 aliphatic rings. The Bertz CT molecular complexity index is 816. The summed E-state index contributed by atoms with van der Waals surface area (Å²) in [6.07, 6.45) is 3.48. The van der Waals surface area contributed by atoms with Crippen molar-refractivity contribution in [3.8, 4) is 5.75 Å². The molecule has 1 heterocycles. The minimum Gasteiger partial charge on any atom is -0.497 e. The average Bonchev–Trinajstić information content (AvgIpc) is 2.56. The van der Waals surface area contributed by atoms with Crippen LogP contribution in [0.15, 0.2) is 59.8 Å². The van der Waals surface area contributed by atoms with Gasteiger partial charge >= 0.3 is 0 Å². The Hall–Kier alpha value is -2.59.